The summed E-state index contributed by atoms with van der Waals surface area (Å²) in [5.41, 5.74) is 19.5. The first-order chi connectivity index (χ1) is 69.4. The molecule has 0 spiro atoms. The average Bonchev–Trinajstić information content (AvgIpc) is 0.807. The molecule has 0 radical (unpaired) electrons. The first-order valence-electron chi connectivity index (χ1n) is 45.0. The van der Waals surface area contributed by atoms with Crippen molar-refractivity contribution in [1.82, 2.24) is 94.5 Å². The number of nitrogen functional groups attached to an aromatic ring is 1. The van der Waals surface area contributed by atoms with Crippen LogP contribution >= 0.6 is 35.6 Å². The predicted octanol–water partition coefficient (Wildman–Crippen LogP) is 13.4. The molecule has 8 aromatic heterocycles. The highest BCUT2D eigenvalue weighted by atomic mass is 35.5. The summed E-state index contributed by atoms with van der Waals surface area (Å²) >= 11 is 10.8. The molecular formula is C103H106Cl3N23O13S4. The summed E-state index contributed by atoms with van der Waals surface area (Å²) in [6.07, 6.45) is 24.8. The number of nitrogens with one attached hydrogen (secondary N) is 2. The second-order valence-electron chi connectivity index (χ2n) is 33.3. The Morgan fingerprint density at radius 1 is 0.377 bits per heavy atom. The lowest BCUT2D eigenvalue weighted by Crippen LogP contribution is -2.43. The molecular weight excluding hydrogens is 2000 g/mol. The molecule has 17 rings (SSSR count). The molecule has 5 N–H and O–H groups in total. The van der Waals surface area contributed by atoms with Crippen LogP contribution in [0.1, 0.15) is 41.5 Å². The van der Waals surface area contributed by atoms with Crippen LogP contribution in [0.5, 0.6) is 0 Å². The van der Waals surface area contributed by atoms with E-state index in [0.717, 1.165) is 131 Å². The Morgan fingerprint density at radius 3 is 0.966 bits per heavy atom. The topological polar surface area (TPSA) is 483 Å². The van der Waals surface area contributed by atoms with Crippen molar-refractivity contribution in [3.63, 3.8) is 0 Å². The Labute approximate surface area is 860 Å². The number of hydrogen-bond acceptors (Lipinski definition) is 30. The number of aromatic nitrogens is 16. The molecule has 1 aliphatic rings. The van der Waals surface area contributed by atoms with E-state index in [1.165, 1.54) is 87.4 Å². The largest absolute Gasteiger partial charge is 0.396 e. The number of sulfone groups is 4. The van der Waals surface area contributed by atoms with Crippen LogP contribution in [0.15, 0.2) is 341 Å². The minimum Gasteiger partial charge on any atom is -0.396 e. The van der Waals surface area contributed by atoms with Gasteiger partial charge in [-0.1, -0.05) is 128 Å². The Morgan fingerprint density at radius 2 is 0.671 bits per heavy atom. The van der Waals surface area contributed by atoms with E-state index in [9.17, 15) is 52.8 Å². The van der Waals surface area contributed by atoms with Crippen molar-refractivity contribution in [1.29, 1.82) is 0 Å². The molecule has 1 aliphatic heterocycles. The van der Waals surface area contributed by atoms with Gasteiger partial charge in [0.15, 0.2) is 62.6 Å². The van der Waals surface area contributed by atoms with E-state index in [0.29, 0.717) is 74.3 Å². The maximum Gasteiger partial charge on any atom is 0.267 e. The van der Waals surface area contributed by atoms with Gasteiger partial charge in [0.2, 0.25) is 0 Å². The van der Waals surface area contributed by atoms with Gasteiger partial charge in [-0.25, -0.2) is 103 Å². The van der Waals surface area contributed by atoms with Crippen molar-refractivity contribution < 1.29 is 38.8 Å². The molecule has 0 bridgehead atoms. The number of hydrogen-bond donors (Lipinski definition) is 4. The second-order valence-corrected chi connectivity index (χ2v) is 42.1. The number of aliphatic imine (C=N–C) groups is 2. The number of anilines is 2. The number of alkyl halides is 2. The van der Waals surface area contributed by atoms with Crippen LogP contribution in [0.3, 0.4) is 0 Å². The quantitative estimate of drug-likeness (QED) is 0.0153. The standard InChI is InChI=1S/C26H26N6O3S.C25H24N6O3S.C22H19N5O3S.C14H16N4O.C11H10N2O3S.C5H10Cl2.ClH/c1-36(34,35)23-7-5-20(6-8-23)24-9-10-25(33)32(30-24)18-19-3-2-4-21(15-19)26-28-16-22(17-29-26)31-13-11-27-12-14-31;1-30(2)17-28-21-14-26-25(27-15-21)20-6-4-5-18(13-20)16-31-24(32)12-11-23(29-31)19-7-9-22(10-8-19)35(3,33)34;1-31(29,30)19-7-5-16(6-8-19)20-9-10-21(28)27(26-20)14-15-3-2-4-17(11-15)22-24-12-18(23)13-25-22;1-18(2)10-17-13-7-15-14(16-8-13)12-5-3-4-11(6-12)9-19;1-17(15,16)9-4-2-8(3-5-9)10-6-7-11(14)13-12-10;6-4-2-1-3-5-7;/h2-10,15-17,27H,11-14,18H2,1H3;4-15,17H,16H2,1-3H3;2-13H,14,23H2,1H3;3-8,10,19H,9H2,1-2H3;2-7H,1H3,(H,13,14);1-5H2;1H. The smallest absolute Gasteiger partial charge is 0.267 e. The molecule has 16 aromatic rings. The fraction of sp³-hybridized carbons (Fsp3) is 0.204. The number of rotatable bonds is 28. The first-order valence-corrected chi connectivity index (χ1v) is 53.6. The van der Waals surface area contributed by atoms with E-state index in [1.807, 2.05) is 147 Å². The van der Waals surface area contributed by atoms with Crippen molar-refractivity contribution in [3.05, 3.63) is 356 Å². The molecule has 36 nitrogen and oxygen atoms in total. The zero-order chi connectivity index (χ0) is 104. The van der Waals surface area contributed by atoms with Gasteiger partial charge >= 0.3 is 0 Å². The number of H-pyrrole nitrogens is 1. The lowest BCUT2D eigenvalue weighted by Gasteiger charge is -2.28. The van der Waals surface area contributed by atoms with Crippen molar-refractivity contribution in [2.24, 2.45) is 9.98 Å². The van der Waals surface area contributed by atoms with Crippen LogP contribution in [0.25, 0.3) is 90.6 Å². The molecule has 1 fully saturated rings. The average molecular weight is 2110 g/mol. The Kier molecular flexibility index (Phi) is 40.2. The molecule has 0 saturated carbocycles. The molecule has 0 unspecified atom stereocenters. The van der Waals surface area contributed by atoms with Crippen LogP contribution in [0, 0.1) is 0 Å². The van der Waals surface area contributed by atoms with Crippen LogP contribution in [-0.4, -0.2) is 232 Å². The minimum absolute atomic E-state index is 0. The number of aliphatic hydroxyl groups excluding tert-OH is 1. The van der Waals surface area contributed by atoms with E-state index in [1.54, 1.807) is 135 Å². The van der Waals surface area contributed by atoms with E-state index < -0.39 is 39.3 Å². The molecule has 756 valence electrons. The van der Waals surface area contributed by atoms with Gasteiger partial charge in [-0.3, -0.25) is 19.2 Å². The summed E-state index contributed by atoms with van der Waals surface area (Å²) < 4.78 is 96.8. The van der Waals surface area contributed by atoms with Gasteiger partial charge in [0.1, 0.15) is 11.4 Å². The summed E-state index contributed by atoms with van der Waals surface area (Å²) in [6.45, 7) is 4.57. The number of aromatic amines is 1. The molecule has 0 atom stereocenters. The maximum absolute atomic E-state index is 12.5. The Hall–Kier alpha value is -15.3. The fourth-order valence-electron chi connectivity index (χ4n) is 13.7. The van der Waals surface area contributed by atoms with Gasteiger partial charge < -0.3 is 30.9 Å². The Bertz CT molecular complexity index is 7880. The number of nitrogens with zero attached hydrogens (tertiary/aromatic N) is 20. The van der Waals surface area contributed by atoms with Crippen LogP contribution in [0.2, 0.25) is 0 Å². The lowest BCUT2D eigenvalue weighted by atomic mass is 10.1. The second kappa shape index (κ2) is 52.8. The van der Waals surface area contributed by atoms with Gasteiger partial charge in [0.05, 0.1) is 142 Å². The molecule has 8 aromatic carbocycles. The SMILES string of the molecule is CN(C)C=Nc1cnc(-c2cccc(CO)c2)nc1.CN(C)C=Nc1cnc(-c2cccc(Cn3nc(-c4ccc(S(C)(=O)=O)cc4)ccc3=O)c2)nc1.CS(=O)(=O)c1ccc(-c2ccc(=O)[nH]n2)cc1.CS(=O)(=O)c1ccc(-c2ccc(=O)n(Cc3cccc(-c4ncc(N)cn4)c3)n2)cc1.CS(=O)(=O)c1ccc(-c2ccc(=O)n(Cc3cccc(-c4ncc(N5CCNCC5)cn4)c3)n2)cc1.Cl.ClCCCCCCl. The minimum atomic E-state index is -3.29. The highest BCUT2D eigenvalue weighted by Gasteiger charge is 2.19. The van der Waals surface area contributed by atoms with E-state index >= 15 is 0 Å². The first kappa shape index (κ1) is 111. The lowest BCUT2D eigenvalue weighted by molar-refractivity contribution is 0.282. The van der Waals surface area contributed by atoms with Crippen LogP contribution in [0.4, 0.5) is 22.7 Å². The highest BCUT2D eigenvalue weighted by molar-refractivity contribution is 7.91. The van der Waals surface area contributed by atoms with Crippen molar-refractivity contribution in [2.45, 2.75) is 65.1 Å². The van der Waals surface area contributed by atoms with Gasteiger partial charge in [-0.2, -0.15) is 20.4 Å². The summed E-state index contributed by atoms with van der Waals surface area (Å²) in [4.78, 5) is 98.5. The van der Waals surface area contributed by atoms with E-state index in [-0.39, 0.29) is 80.5 Å². The summed E-state index contributed by atoms with van der Waals surface area (Å²) in [6, 6.07) is 68.2. The third kappa shape index (κ3) is 33.7. The molecule has 9 heterocycles. The van der Waals surface area contributed by atoms with E-state index in [4.69, 9.17) is 34.0 Å². The van der Waals surface area contributed by atoms with Gasteiger partial charge in [-0.05, 0) is 132 Å². The molecule has 0 aliphatic carbocycles. The highest BCUT2D eigenvalue weighted by Crippen LogP contribution is 2.28. The van der Waals surface area contributed by atoms with Gasteiger partial charge in [0, 0.05) is 160 Å². The van der Waals surface area contributed by atoms with Crippen molar-refractivity contribution in [2.75, 3.05) is 102 Å². The third-order valence-electron chi connectivity index (χ3n) is 21.2. The van der Waals surface area contributed by atoms with Gasteiger partial charge in [-0.15, -0.1) is 35.6 Å². The number of unbranched alkanes of at least 4 members (excludes halogenated alkanes) is 2. The zero-order valence-electron chi connectivity index (χ0n) is 80.7. The molecule has 0 amide bonds. The number of nitrogens with two attached hydrogens (primary N) is 1. The fourth-order valence-corrected chi connectivity index (χ4v) is 16.6. The number of halogens is 3. The molecule has 146 heavy (non-hydrogen) atoms. The van der Waals surface area contributed by atoms with Crippen LogP contribution < -0.4 is 38.2 Å². The van der Waals surface area contributed by atoms with E-state index in [2.05, 4.69) is 85.6 Å². The summed E-state index contributed by atoms with van der Waals surface area (Å²) in [7, 11) is -5.47. The van der Waals surface area contributed by atoms with Crippen molar-refractivity contribution >= 4 is 110 Å². The molecule has 43 heteroatoms. The summed E-state index contributed by atoms with van der Waals surface area (Å²) in [5, 5.41) is 32.1. The molecule has 1 saturated heterocycles. The monoisotopic (exact) mass is 2110 g/mol. The normalized spacial score (nSPS) is 11.9. The predicted molar refractivity (Wildman–Crippen MR) is 573 cm³/mol. The Balaban J connectivity index is 0.000000174. The third-order valence-corrected chi connectivity index (χ3v) is 26.3. The summed E-state index contributed by atoms with van der Waals surface area (Å²) in [5.74, 6) is 3.88. The van der Waals surface area contributed by atoms with Crippen molar-refractivity contribution in [3.8, 4) is 90.6 Å². The number of piperazine rings is 1. The maximum atomic E-state index is 12.5. The number of aliphatic hydroxyl groups is 1. The van der Waals surface area contributed by atoms with Crippen LogP contribution in [-0.2, 0) is 65.6 Å². The van der Waals surface area contributed by atoms with Gasteiger partial charge in [0.25, 0.3) is 22.2 Å². The zero-order valence-corrected chi connectivity index (χ0v) is 86.3. The number of benzene rings is 8.